The van der Waals surface area contributed by atoms with Gasteiger partial charge in [-0.3, -0.25) is 14.5 Å². The van der Waals surface area contributed by atoms with E-state index in [0.29, 0.717) is 5.69 Å². The zero-order chi connectivity index (χ0) is 19.1. The molecule has 0 radical (unpaired) electrons. The molecule has 0 unspecified atom stereocenters. The molecule has 0 aliphatic carbocycles. The zero-order valence-electron chi connectivity index (χ0n) is 14.5. The van der Waals surface area contributed by atoms with Crippen LogP contribution in [0.15, 0.2) is 36.8 Å². The third kappa shape index (κ3) is 3.72. The minimum atomic E-state index is -3.45. The minimum absolute atomic E-state index is 0.00604. The van der Waals surface area contributed by atoms with Crippen molar-refractivity contribution in [1.29, 1.82) is 0 Å². The van der Waals surface area contributed by atoms with Gasteiger partial charge in [-0.25, -0.2) is 12.8 Å². The normalized spacial score (nSPS) is 23.1. The molecule has 2 aromatic heterocycles. The highest BCUT2D eigenvalue weighted by atomic mass is 32.2. The van der Waals surface area contributed by atoms with Crippen LogP contribution in [0.5, 0.6) is 0 Å². The topological polar surface area (TPSA) is 94.4 Å². The second-order valence-corrected chi connectivity index (χ2v) is 9.33. The van der Waals surface area contributed by atoms with E-state index in [9.17, 15) is 17.6 Å². The molecular weight excluding hydrogens is 375 g/mol. The minimum Gasteiger partial charge on any atom is -0.369 e. The number of likely N-dealkylation sites (tertiary alicyclic amines) is 1. The number of sulfone groups is 1. The molecule has 2 aliphatic heterocycles. The van der Waals surface area contributed by atoms with E-state index in [1.54, 1.807) is 23.2 Å². The van der Waals surface area contributed by atoms with Crippen LogP contribution in [0.3, 0.4) is 0 Å². The fourth-order valence-corrected chi connectivity index (χ4v) is 5.38. The Kier molecular flexibility index (Phi) is 4.47. The number of rotatable bonds is 4. The molecular formula is C17H19FN4O4S. The number of carbonyl (C=O) groups is 1. The van der Waals surface area contributed by atoms with Crippen LogP contribution in [0, 0.1) is 5.82 Å². The summed E-state index contributed by atoms with van der Waals surface area (Å²) in [7, 11) is -3.45. The first-order valence-electron chi connectivity index (χ1n) is 8.56. The van der Waals surface area contributed by atoms with E-state index < -0.39 is 26.5 Å². The van der Waals surface area contributed by atoms with Crippen molar-refractivity contribution in [2.45, 2.75) is 23.8 Å². The lowest BCUT2D eigenvalue weighted by Gasteiger charge is -2.52. The van der Waals surface area contributed by atoms with E-state index in [4.69, 9.17) is 4.74 Å². The summed E-state index contributed by atoms with van der Waals surface area (Å²) in [5.41, 5.74) is -0.169. The van der Waals surface area contributed by atoms with Gasteiger partial charge in [0.15, 0.2) is 15.7 Å². The summed E-state index contributed by atoms with van der Waals surface area (Å²) in [6.45, 7) is 0.554. The Morgan fingerprint density at radius 1 is 1.37 bits per heavy atom. The maximum atomic E-state index is 13.0. The largest absolute Gasteiger partial charge is 0.369 e. The summed E-state index contributed by atoms with van der Waals surface area (Å²) in [5, 5.41) is 3.01. The Morgan fingerprint density at radius 3 is 2.81 bits per heavy atom. The lowest BCUT2D eigenvalue weighted by atomic mass is 9.95. The van der Waals surface area contributed by atoms with Crippen molar-refractivity contribution in [2.75, 3.05) is 25.4 Å². The molecule has 1 spiro atoms. The Morgan fingerprint density at radius 2 is 2.19 bits per heavy atom. The molecule has 10 heteroatoms. The molecule has 0 N–H and O–H groups in total. The van der Waals surface area contributed by atoms with Crippen LogP contribution in [0.1, 0.15) is 5.69 Å². The summed E-state index contributed by atoms with van der Waals surface area (Å²) in [4.78, 5) is 18.0. The third-order valence-corrected chi connectivity index (χ3v) is 7.14. The molecule has 0 bridgehead atoms. The van der Waals surface area contributed by atoms with Gasteiger partial charge in [-0.2, -0.15) is 5.10 Å². The molecule has 4 heterocycles. The van der Waals surface area contributed by atoms with Crippen molar-refractivity contribution in [3.8, 4) is 0 Å². The van der Waals surface area contributed by atoms with Crippen molar-refractivity contribution in [3.05, 3.63) is 48.3 Å². The smallest absolute Gasteiger partial charge is 0.228 e. The predicted octanol–water partition coefficient (Wildman–Crippen LogP) is 0.0545. The second kappa shape index (κ2) is 6.68. The molecule has 2 aromatic rings. The molecule has 144 valence electrons. The molecule has 1 amide bonds. The highest BCUT2D eigenvalue weighted by molar-refractivity contribution is 7.92. The average molecular weight is 394 g/mol. The van der Waals surface area contributed by atoms with Crippen LogP contribution in [-0.4, -0.2) is 70.3 Å². The Balaban J connectivity index is 1.35. The number of hydrogen-bond acceptors (Lipinski definition) is 6. The number of ether oxygens (including phenoxy) is 1. The molecule has 1 atom stereocenters. The highest BCUT2D eigenvalue weighted by Gasteiger charge is 2.53. The van der Waals surface area contributed by atoms with Gasteiger partial charge in [0.2, 0.25) is 5.91 Å². The number of hydrogen-bond donors (Lipinski definition) is 0. The summed E-state index contributed by atoms with van der Waals surface area (Å²) in [5.74, 6) is -0.766. The van der Waals surface area contributed by atoms with Crippen LogP contribution in [0.4, 0.5) is 4.39 Å². The molecule has 2 aliphatic rings. The van der Waals surface area contributed by atoms with Crippen molar-refractivity contribution in [2.24, 2.45) is 0 Å². The molecule has 2 fully saturated rings. The van der Waals surface area contributed by atoms with Gasteiger partial charge in [0.25, 0.3) is 0 Å². The summed E-state index contributed by atoms with van der Waals surface area (Å²) in [6.07, 6.45) is 4.00. The number of nitrogens with zero attached hydrogens (tertiary/aromatic N) is 4. The van der Waals surface area contributed by atoms with E-state index in [2.05, 4.69) is 10.1 Å². The van der Waals surface area contributed by atoms with Crippen LogP contribution in [0.25, 0.3) is 0 Å². The quantitative estimate of drug-likeness (QED) is 0.728. The standard InChI is InChI=1S/C17H19FN4O4S/c18-13-6-20-22(7-13)8-15-9-26-17(12-27(15,24)25)10-21(11-17)16(23)5-14-3-1-2-4-19-14/h1-4,6-7,15H,5,8-12H2/t15-/m0/s1. The summed E-state index contributed by atoms with van der Waals surface area (Å²) in [6, 6.07) is 5.37. The fraction of sp³-hybridized carbons (Fsp3) is 0.471. The first-order valence-corrected chi connectivity index (χ1v) is 10.3. The number of aromatic nitrogens is 3. The second-order valence-electron chi connectivity index (χ2n) is 7.05. The lowest BCUT2D eigenvalue weighted by molar-refractivity contribution is -0.164. The van der Waals surface area contributed by atoms with E-state index in [1.807, 2.05) is 6.07 Å². The Labute approximate surface area is 155 Å². The molecule has 0 saturated carbocycles. The van der Waals surface area contributed by atoms with Crippen LogP contribution >= 0.6 is 0 Å². The first-order chi connectivity index (χ1) is 12.9. The first kappa shape index (κ1) is 18.1. The van der Waals surface area contributed by atoms with E-state index in [0.717, 1.165) is 12.4 Å². The summed E-state index contributed by atoms with van der Waals surface area (Å²) >= 11 is 0. The Hall–Kier alpha value is -2.33. The van der Waals surface area contributed by atoms with E-state index in [1.165, 1.54) is 4.68 Å². The number of pyridine rings is 1. The van der Waals surface area contributed by atoms with E-state index >= 15 is 0 Å². The zero-order valence-corrected chi connectivity index (χ0v) is 15.3. The van der Waals surface area contributed by atoms with Gasteiger partial charge in [0, 0.05) is 11.9 Å². The van der Waals surface area contributed by atoms with Crippen molar-refractivity contribution < 1.29 is 22.3 Å². The fourth-order valence-electron chi connectivity index (χ4n) is 3.49. The number of amides is 1. The summed E-state index contributed by atoms with van der Waals surface area (Å²) < 4.78 is 45.4. The number of halogens is 1. The van der Waals surface area contributed by atoms with Crippen molar-refractivity contribution in [3.63, 3.8) is 0 Å². The van der Waals surface area contributed by atoms with Gasteiger partial charge < -0.3 is 9.64 Å². The molecule has 8 nitrogen and oxygen atoms in total. The lowest BCUT2D eigenvalue weighted by Crippen LogP contribution is -2.70. The van der Waals surface area contributed by atoms with Gasteiger partial charge in [0.05, 0.1) is 50.8 Å². The van der Waals surface area contributed by atoms with Crippen LogP contribution < -0.4 is 0 Å². The SMILES string of the molecule is O=C(Cc1ccccn1)N1CC2(C1)CS(=O)(=O)[C@@H](Cn1cc(F)cn1)CO2. The average Bonchev–Trinajstić information content (AvgIpc) is 3.00. The maximum Gasteiger partial charge on any atom is 0.228 e. The molecule has 4 rings (SSSR count). The van der Waals surface area contributed by atoms with Gasteiger partial charge >= 0.3 is 0 Å². The van der Waals surface area contributed by atoms with Crippen LogP contribution in [-0.2, 0) is 32.3 Å². The molecule has 0 aromatic carbocycles. The van der Waals surface area contributed by atoms with E-state index in [-0.39, 0.29) is 44.3 Å². The molecule has 2 saturated heterocycles. The monoisotopic (exact) mass is 394 g/mol. The van der Waals surface area contributed by atoms with Crippen molar-refractivity contribution >= 4 is 15.7 Å². The van der Waals surface area contributed by atoms with Gasteiger partial charge in [0.1, 0.15) is 10.9 Å². The van der Waals surface area contributed by atoms with Crippen LogP contribution in [0.2, 0.25) is 0 Å². The highest BCUT2D eigenvalue weighted by Crippen LogP contribution is 2.33. The van der Waals surface area contributed by atoms with Gasteiger partial charge in [-0.15, -0.1) is 0 Å². The number of carbonyl (C=O) groups excluding carboxylic acids is 1. The predicted molar refractivity (Wildman–Crippen MR) is 93.0 cm³/mol. The third-order valence-electron chi connectivity index (χ3n) is 4.91. The van der Waals surface area contributed by atoms with Crippen molar-refractivity contribution in [1.82, 2.24) is 19.7 Å². The van der Waals surface area contributed by atoms with Gasteiger partial charge in [-0.05, 0) is 12.1 Å². The maximum absolute atomic E-state index is 13.0. The molecule has 27 heavy (non-hydrogen) atoms. The Bertz CT molecular complexity index is 941. The van der Waals surface area contributed by atoms with Gasteiger partial charge in [-0.1, -0.05) is 6.07 Å².